The number of amides is 1. The number of benzene rings is 1. The second kappa shape index (κ2) is 5.17. The molecule has 0 aliphatic rings. The molecule has 0 unspecified atom stereocenters. The van der Waals surface area contributed by atoms with Gasteiger partial charge in [0.05, 0.1) is 12.2 Å². The molecule has 0 bridgehead atoms. The summed E-state index contributed by atoms with van der Waals surface area (Å²) in [6.07, 6.45) is 1.60. The van der Waals surface area contributed by atoms with Crippen LogP contribution in [0.4, 0.5) is 5.69 Å². The topological polar surface area (TPSA) is 85.8 Å². The Balaban J connectivity index is 1.84. The lowest BCUT2D eigenvalue weighted by molar-refractivity contribution is 0.0955. The van der Waals surface area contributed by atoms with Gasteiger partial charge in [-0.05, 0) is 12.5 Å². The Bertz CT molecular complexity index is 820. The predicted molar refractivity (Wildman–Crippen MR) is 83.1 cm³/mol. The van der Waals surface area contributed by atoms with E-state index in [9.17, 15) is 4.79 Å². The average Bonchev–Trinajstić information content (AvgIpc) is 3.02. The Kier molecular flexibility index (Phi) is 3.34. The minimum atomic E-state index is -0.194. The van der Waals surface area contributed by atoms with E-state index in [1.807, 2.05) is 25.1 Å². The number of anilines is 1. The van der Waals surface area contributed by atoms with Crippen molar-refractivity contribution in [3.8, 4) is 0 Å². The van der Waals surface area contributed by atoms with Gasteiger partial charge >= 0.3 is 0 Å². The summed E-state index contributed by atoms with van der Waals surface area (Å²) < 4.78 is 2.65. The summed E-state index contributed by atoms with van der Waals surface area (Å²) in [6, 6.07) is 5.89. The fourth-order valence-corrected chi connectivity index (χ4v) is 3.26. The Labute approximate surface area is 125 Å². The third-order valence-corrected chi connectivity index (χ3v) is 4.57. The van der Waals surface area contributed by atoms with Gasteiger partial charge in [0.25, 0.3) is 5.91 Å². The normalized spacial score (nSPS) is 11.0. The predicted octanol–water partition coefficient (Wildman–Crippen LogP) is 1.85. The molecule has 6 nitrogen and oxygen atoms in total. The summed E-state index contributed by atoms with van der Waals surface area (Å²) in [7, 11) is 1.78. The van der Waals surface area contributed by atoms with Crippen molar-refractivity contribution in [1.29, 1.82) is 0 Å². The molecule has 3 rings (SSSR count). The number of nitrogens with two attached hydrogens (primary N) is 1. The molecule has 108 valence electrons. The van der Waals surface area contributed by atoms with E-state index in [0.29, 0.717) is 16.4 Å². The van der Waals surface area contributed by atoms with Crippen molar-refractivity contribution >= 4 is 33.0 Å². The number of aryl methyl sites for hydroxylation is 2. The zero-order valence-corrected chi connectivity index (χ0v) is 12.6. The summed E-state index contributed by atoms with van der Waals surface area (Å²) in [5.41, 5.74) is 7.75. The maximum atomic E-state index is 12.3. The molecule has 7 heteroatoms. The van der Waals surface area contributed by atoms with Gasteiger partial charge in [-0.15, -0.1) is 11.3 Å². The SMILES string of the molecule is Cc1cccc2c(N)c(C(=O)NCc3ncn(C)n3)sc12. The summed E-state index contributed by atoms with van der Waals surface area (Å²) in [4.78, 5) is 16.9. The quantitative estimate of drug-likeness (QED) is 0.773. The molecule has 21 heavy (non-hydrogen) atoms. The Morgan fingerprint density at radius 1 is 1.48 bits per heavy atom. The van der Waals surface area contributed by atoms with Crippen molar-refractivity contribution in [1.82, 2.24) is 20.1 Å². The highest BCUT2D eigenvalue weighted by Crippen LogP contribution is 2.35. The first-order valence-electron chi connectivity index (χ1n) is 6.46. The lowest BCUT2D eigenvalue weighted by Gasteiger charge is -2.01. The smallest absolute Gasteiger partial charge is 0.263 e. The van der Waals surface area contributed by atoms with Crippen LogP contribution in [0.25, 0.3) is 10.1 Å². The molecule has 0 aliphatic heterocycles. The Morgan fingerprint density at radius 2 is 2.29 bits per heavy atom. The first-order valence-corrected chi connectivity index (χ1v) is 7.28. The van der Waals surface area contributed by atoms with Gasteiger partial charge in [0.1, 0.15) is 11.2 Å². The third-order valence-electron chi connectivity index (χ3n) is 3.21. The number of rotatable bonds is 3. The van der Waals surface area contributed by atoms with Gasteiger partial charge in [-0.1, -0.05) is 18.2 Å². The average molecular weight is 301 g/mol. The van der Waals surface area contributed by atoms with Crippen LogP contribution in [0.2, 0.25) is 0 Å². The molecule has 3 N–H and O–H groups in total. The molecular formula is C14H15N5OS. The molecule has 0 fully saturated rings. The van der Waals surface area contributed by atoms with Crippen molar-refractivity contribution in [2.45, 2.75) is 13.5 Å². The van der Waals surface area contributed by atoms with Crippen LogP contribution in [-0.4, -0.2) is 20.7 Å². The molecular weight excluding hydrogens is 286 g/mol. The summed E-state index contributed by atoms with van der Waals surface area (Å²) in [5.74, 6) is 0.377. The number of hydrogen-bond acceptors (Lipinski definition) is 5. The van der Waals surface area contributed by atoms with Crippen LogP contribution >= 0.6 is 11.3 Å². The molecule has 0 saturated heterocycles. The van der Waals surface area contributed by atoms with E-state index in [4.69, 9.17) is 5.73 Å². The number of nitrogen functional groups attached to an aromatic ring is 1. The van der Waals surface area contributed by atoms with E-state index in [2.05, 4.69) is 15.4 Å². The van der Waals surface area contributed by atoms with Crippen LogP contribution in [0.5, 0.6) is 0 Å². The maximum absolute atomic E-state index is 12.3. The summed E-state index contributed by atoms with van der Waals surface area (Å²) in [6.45, 7) is 2.30. The molecule has 0 atom stereocenters. The first-order chi connectivity index (χ1) is 10.1. The second-order valence-electron chi connectivity index (χ2n) is 4.81. The fourth-order valence-electron chi connectivity index (χ4n) is 2.15. The molecule has 2 aromatic heterocycles. The number of fused-ring (bicyclic) bond motifs is 1. The van der Waals surface area contributed by atoms with Gasteiger partial charge < -0.3 is 11.1 Å². The van der Waals surface area contributed by atoms with Crippen molar-refractivity contribution in [3.63, 3.8) is 0 Å². The van der Waals surface area contributed by atoms with E-state index in [-0.39, 0.29) is 12.5 Å². The van der Waals surface area contributed by atoms with Crippen LogP contribution < -0.4 is 11.1 Å². The number of aromatic nitrogens is 3. The first kappa shape index (κ1) is 13.6. The van der Waals surface area contributed by atoms with E-state index in [1.165, 1.54) is 11.3 Å². The summed E-state index contributed by atoms with van der Waals surface area (Å²) >= 11 is 1.42. The monoisotopic (exact) mass is 301 g/mol. The summed E-state index contributed by atoms with van der Waals surface area (Å²) in [5, 5.41) is 7.85. The molecule has 3 aromatic rings. The van der Waals surface area contributed by atoms with E-state index in [1.54, 1.807) is 18.1 Å². The van der Waals surface area contributed by atoms with Gasteiger partial charge in [0.2, 0.25) is 0 Å². The maximum Gasteiger partial charge on any atom is 0.263 e. The molecule has 1 amide bonds. The van der Waals surface area contributed by atoms with Crippen LogP contribution in [0.3, 0.4) is 0 Å². The molecule has 0 spiro atoms. The number of thiophene rings is 1. The lowest BCUT2D eigenvalue weighted by Crippen LogP contribution is -2.23. The largest absolute Gasteiger partial charge is 0.397 e. The number of nitrogens with one attached hydrogen (secondary N) is 1. The number of nitrogens with zero attached hydrogens (tertiary/aromatic N) is 3. The van der Waals surface area contributed by atoms with Gasteiger partial charge in [-0.3, -0.25) is 9.48 Å². The van der Waals surface area contributed by atoms with E-state index < -0.39 is 0 Å². The van der Waals surface area contributed by atoms with Crippen molar-refractivity contribution in [2.24, 2.45) is 7.05 Å². The van der Waals surface area contributed by atoms with Crippen LogP contribution in [0.1, 0.15) is 21.1 Å². The van der Waals surface area contributed by atoms with Crippen LogP contribution in [0.15, 0.2) is 24.5 Å². The third kappa shape index (κ3) is 2.47. The van der Waals surface area contributed by atoms with Gasteiger partial charge in [-0.25, -0.2) is 4.98 Å². The van der Waals surface area contributed by atoms with Crippen molar-refractivity contribution < 1.29 is 4.79 Å². The minimum Gasteiger partial charge on any atom is -0.397 e. The Morgan fingerprint density at radius 3 is 2.95 bits per heavy atom. The number of hydrogen-bond donors (Lipinski definition) is 2. The van der Waals surface area contributed by atoms with Gasteiger partial charge in [0.15, 0.2) is 5.82 Å². The zero-order valence-electron chi connectivity index (χ0n) is 11.8. The molecule has 1 aromatic carbocycles. The Hall–Kier alpha value is -2.41. The number of carbonyl (C=O) groups excluding carboxylic acids is 1. The molecule has 2 heterocycles. The van der Waals surface area contributed by atoms with Crippen molar-refractivity contribution in [2.75, 3.05) is 5.73 Å². The molecule has 0 radical (unpaired) electrons. The molecule has 0 saturated carbocycles. The zero-order chi connectivity index (χ0) is 15.0. The fraction of sp³-hybridized carbons (Fsp3) is 0.214. The second-order valence-corrected chi connectivity index (χ2v) is 5.83. The highest BCUT2D eigenvalue weighted by molar-refractivity contribution is 7.21. The van der Waals surface area contributed by atoms with Crippen molar-refractivity contribution in [3.05, 3.63) is 40.8 Å². The lowest BCUT2D eigenvalue weighted by atomic mass is 10.1. The van der Waals surface area contributed by atoms with Gasteiger partial charge in [0, 0.05) is 17.1 Å². The van der Waals surface area contributed by atoms with Crippen LogP contribution in [0, 0.1) is 6.92 Å². The minimum absolute atomic E-state index is 0.194. The van der Waals surface area contributed by atoms with E-state index in [0.717, 1.165) is 15.6 Å². The van der Waals surface area contributed by atoms with Crippen LogP contribution in [-0.2, 0) is 13.6 Å². The van der Waals surface area contributed by atoms with E-state index >= 15 is 0 Å². The number of carbonyl (C=O) groups is 1. The highest BCUT2D eigenvalue weighted by atomic mass is 32.1. The highest BCUT2D eigenvalue weighted by Gasteiger charge is 2.17. The standard InChI is InChI=1S/C14H15N5OS/c1-8-4-3-5-9-11(15)13(21-12(8)9)14(20)16-6-10-17-7-19(2)18-10/h3-5,7H,6,15H2,1-2H3,(H,16,20). The van der Waals surface area contributed by atoms with Gasteiger partial charge in [-0.2, -0.15) is 5.10 Å². The molecule has 0 aliphatic carbocycles.